The quantitative estimate of drug-likeness (QED) is 0.131. The summed E-state index contributed by atoms with van der Waals surface area (Å²) in [6, 6.07) is 26.8. The minimum absolute atomic E-state index is 0.114. The first kappa shape index (κ1) is 32.5. The molecular formula is C44H47N3S. The molecule has 1 aliphatic carbocycles. The molecule has 0 radical (unpaired) electrons. The molecule has 0 saturated carbocycles. The fourth-order valence-electron chi connectivity index (χ4n) is 7.46. The molecule has 7 rings (SSSR count). The van der Waals surface area contributed by atoms with Crippen molar-refractivity contribution in [3.8, 4) is 11.8 Å². The van der Waals surface area contributed by atoms with E-state index >= 15 is 0 Å². The summed E-state index contributed by atoms with van der Waals surface area (Å²) in [6.45, 7) is 9.18. The van der Waals surface area contributed by atoms with E-state index in [-0.39, 0.29) is 6.04 Å². The third-order valence-electron chi connectivity index (χ3n) is 10.4. The van der Waals surface area contributed by atoms with E-state index in [2.05, 4.69) is 147 Å². The molecular weight excluding hydrogens is 603 g/mol. The highest BCUT2D eigenvalue weighted by Crippen LogP contribution is 2.49. The SMILES string of the molecule is CCCC(c1ccc2c(c1)c1ccccc1n2C1=NC(C(C)/C=C\[C@H](C)CC)CC(c2ccccc2)=N1)C1CC2=C(CC#C/C=C\C2)S1. The van der Waals surface area contributed by atoms with E-state index in [1.807, 2.05) is 6.08 Å². The lowest BCUT2D eigenvalue weighted by atomic mass is 9.87. The highest BCUT2D eigenvalue weighted by Gasteiger charge is 2.32. The minimum Gasteiger partial charge on any atom is -0.278 e. The average molecular weight is 650 g/mol. The number of fused-ring (bicyclic) bond motifs is 3. The molecule has 1 aromatic heterocycles. The van der Waals surface area contributed by atoms with Gasteiger partial charge in [0.1, 0.15) is 0 Å². The smallest absolute Gasteiger partial charge is 0.230 e. The van der Waals surface area contributed by atoms with Gasteiger partial charge in [-0.05, 0) is 77.3 Å². The molecule has 48 heavy (non-hydrogen) atoms. The van der Waals surface area contributed by atoms with Gasteiger partial charge in [0.05, 0.1) is 22.8 Å². The highest BCUT2D eigenvalue weighted by molar-refractivity contribution is 8.04. The second kappa shape index (κ2) is 14.6. The number of thioether (sulfide) groups is 1. The van der Waals surface area contributed by atoms with E-state index in [1.54, 1.807) is 5.57 Å². The van der Waals surface area contributed by atoms with Crippen molar-refractivity contribution in [2.45, 2.75) is 89.9 Å². The zero-order valence-electron chi connectivity index (χ0n) is 28.8. The Morgan fingerprint density at radius 3 is 2.58 bits per heavy atom. The van der Waals surface area contributed by atoms with Crippen LogP contribution in [0.4, 0.5) is 0 Å². The lowest BCUT2D eigenvalue weighted by Crippen LogP contribution is -2.28. The van der Waals surface area contributed by atoms with Gasteiger partial charge in [0, 0.05) is 28.9 Å². The molecule has 4 heteroatoms. The first-order chi connectivity index (χ1) is 23.5. The maximum atomic E-state index is 5.43. The molecule has 0 bridgehead atoms. The van der Waals surface area contributed by atoms with Gasteiger partial charge in [-0.15, -0.1) is 11.8 Å². The number of aliphatic imine (C=N–C) groups is 2. The van der Waals surface area contributed by atoms with Crippen LogP contribution in [0.15, 0.2) is 118 Å². The summed E-state index contributed by atoms with van der Waals surface area (Å²) >= 11 is 2.10. The monoisotopic (exact) mass is 649 g/mol. The van der Waals surface area contributed by atoms with Crippen LogP contribution in [0, 0.1) is 23.7 Å². The molecule has 4 aromatic rings. The van der Waals surface area contributed by atoms with Gasteiger partial charge in [-0.3, -0.25) is 4.57 Å². The molecule has 0 N–H and O–H groups in total. The zero-order valence-corrected chi connectivity index (χ0v) is 29.6. The summed E-state index contributed by atoms with van der Waals surface area (Å²) in [6.07, 6.45) is 16.4. The number of hydrogen-bond donors (Lipinski definition) is 0. The molecule has 3 nitrogen and oxygen atoms in total. The van der Waals surface area contributed by atoms with Crippen molar-refractivity contribution >= 4 is 45.2 Å². The number of hydrogen-bond acceptors (Lipinski definition) is 3. The predicted molar refractivity (Wildman–Crippen MR) is 208 cm³/mol. The van der Waals surface area contributed by atoms with Crippen molar-refractivity contribution in [1.82, 2.24) is 4.57 Å². The van der Waals surface area contributed by atoms with Crippen molar-refractivity contribution in [3.05, 3.63) is 119 Å². The first-order valence-corrected chi connectivity index (χ1v) is 18.9. The highest BCUT2D eigenvalue weighted by atomic mass is 32.2. The van der Waals surface area contributed by atoms with Crippen molar-refractivity contribution in [3.63, 3.8) is 0 Å². The molecule has 3 heterocycles. The topological polar surface area (TPSA) is 29.6 Å². The lowest BCUT2D eigenvalue weighted by molar-refractivity contribution is 0.545. The lowest BCUT2D eigenvalue weighted by Gasteiger charge is -2.25. The molecule has 0 amide bonds. The van der Waals surface area contributed by atoms with E-state index in [0.717, 1.165) is 43.8 Å². The second-order valence-electron chi connectivity index (χ2n) is 13.8. The number of allylic oxidation sites excluding steroid dienone is 5. The van der Waals surface area contributed by atoms with Gasteiger partial charge in [0.25, 0.3) is 0 Å². The summed E-state index contributed by atoms with van der Waals surface area (Å²) in [4.78, 5) is 12.3. The Morgan fingerprint density at radius 2 is 1.75 bits per heavy atom. The van der Waals surface area contributed by atoms with Crippen LogP contribution in [-0.2, 0) is 0 Å². The van der Waals surface area contributed by atoms with Crippen LogP contribution in [0.25, 0.3) is 21.8 Å². The molecule has 2 aliphatic heterocycles. The molecule has 4 unspecified atom stereocenters. The van der Waals surface area contributed by atoms with E-state index in [4.69, 9.17) is 9.98 Å². The van der Waals surface area contributed by atoms with Crippen LogP contribution in [0.1, 0.15) is 89.7 Å². The molecule has 244 valence electrons. The number of benzene rings is 3. The van der Waals surface area contributed by atoms with Crippen molar-refractivity contribution in [2.75, 3.05) is 0 Å². The Morgan fingerprint density at radius 1 is 0.938 bits per heavy atom. The van der Waals surface area contributed by atoms with Gasteiger partial charge in [-0.25, -0.2) is 9.98 Å². The van der Waals surface area contributed by atoms with Crippen LogP contribution in [-0.4, -0.2) is 27.5 Å². The summed E-state index contributed by atoms with van der Waals surface area (Å²) in [7, 11) is 0. The third-order valence-corrected chi connectivity index (χ3v) is 12.0. The molecule has 5 atom stereocenters. The second-order valence-corrected chi connectivity index (χ2v) is 15.1. The fraction of sp³-hybridized carbons (Fsp3) is 0.364. The van der Waals surface area contributed by atoms with Gasteiger partial charge >= 0.3 is 0 Å². The van der Waals surface area contributed by atoms with Gasteiger partial charge in [-0.2, -0.15) is 0 Å². The minimum atomic E-state index is 0.114. The molecule has 3 aliphatic rings. The van der Waals surface area contributed by atoms with Crippen LogP contribution >= 0.6 is 11.8 Å². The number of nitrogens with zero attached hydrogens (tertiary/aromatic N) is 3. The maximum absolute atomic E-state index is 5.43. The van der Waals surface area contributed by atoms with Gasteiger partial charge < -0.3 is 0 Å². The van der Waals surface area contributed by atoms with Gasteiger partial charge in [0.15, 0.2) is 0 Å². The summed E-state index contributed by atoms with van der Waals surface area (Å²) in [5.41, 5.74) is 7.68. The Bertz CT molecular complexity index is 2010. The van der Waals surface area contributed by atoms with Crippen LogP contribution in [0.5, 0.6) is 0 Å². The van der Waals surface area contributed by atoms with E-state index in [9.17, 15) is 0 Å². The van der Waals surface area contributed by atoms with Gasteiger partial charge in [0.2, 0.25) is 5.96 Å². The fourth-order valence-corrected chi connectivity index (χ4v) is 9.05. The maximum Gasteiger partial charge on any atom is 0.230 e. The largest absolute Gasteiger partial charge is 0.278 e. The summed E-state index contributed by atoms with van der Waals surface area (Å²) in [5, 5.41) is 3.11. The van der Waals surface area contributed by atoms with Crippen LogP contribution < -0.4 is 0 Å². The van der Waals surface area contributed by atoms with Crippen molar-refractivity contribution < 1.29 is 0 Å². The Balaban J connectivity index is 1.31. The van der Waals surface area contributed by atoms with Crippen molar-refractivity contribution in [1.29, 1.82) is 0 Å². The Kier molecular flexibility index (Phi) is 9.87. The Labute approximate surface area is 291 Å². The summed E-state index contributed by atoms with van der Waals surface area (Å²) in [5.74, 6) is 8.71. The average Bonchev–Trinajstić information content (AvgIpc) is 3.67. The molecule has 3 aromatic carbocycles. The van der Waals surface area contributed by atoms with E-state index in [1.165, 1.54) is 50.7 Å². The number of aromatic nitrogens is 1. The Hall–Kier alpha value is -4.07. The van der Waals surface area contributed by atoms with Crippen LogP contribution in [0.2, 0.25) is 0 Å². The third kappa shape index (κ3) is 6.63. The predicted octanol–water partition coefficient (Wildman–Crippen LogP) is 11.5. The zero-order chi connectivity index (χ0) is 33.0. The summed E-state index contributed by atoms with van der Waals surface area (Å²) < 4.78 is 2.33. The number of rotatable bonds is 9. The molecule has 0 saturated heterocycles. The van der Waals surface area contributed by atoms with E-state index < -0.39 is 0 Å². The van der Waals surface area contributed by atoms with Crippen LogP contribution in [0.3, 0.4) is 0 Å². The molecule has 0 fully saturated rings. The number of para-hydroxylation sites is 1. The van der Waals surface area contributed by atoms with Crippen molar-refractivity contribution in [2.24, 2.45) is 21.8 Å². The normalized spacial score (nSPS) is 22.0. The standard InChI is InChI=1S/C44H47N3S/c1-5-16-35(43-28-34-19-10-7-8-13-22-42(34)48-43)33-25-26-41-37(27-33)36-20-14-15-21-40(36)47(41)44-45-38(31(4)24-23-30(3)6-2)29-39(46-44)32-17-11-9-12-18-32/h7,9-12,14-15,17-18,20-21,23-27,30-31,35,38,43H,5-6,16,19,22,28-29H2,1-4H3/b10-7-,24-23-/t30-,31?,35?,38?,43?/m1/s1. The van der Waals surface area contributed by atoms with E-state index in [0.29, 0.717) is 23.0 Å². The first-order valence-electron chi connectivity index (χ1n) is 18.0. The molecule has 0 spiro atoms. The van der Waals surface area contributed by atoms with Gasteiger partial charge in [-0.1, -0.05) is 131 Å².